The van der Waals surface area contributed by atoms with Crippen LogP contribution in [0.3, 0.4) is 0 Å². The van der Waals surface area contributed by atoms with Gasteiger partial charge in [-0.2, -0.15) is 0 Å². The predicted molar refractivity (Wildman–Crippen MR) is 107 cm³/mol. The molecule has 1 aliphatic rings. The molecule has 0 bridgehead atoms. The number of methoxy groups -OCH3 is 1. The van der Waals surface area contributed by atoms with Crippen molar-refractivity contribution in [1.82, 2.24) is 4.90 Å². The van der Waals surface area contributed by atoms with Gasteiger partial charge in [0.1, 0.15) is 5.75 Å². The maximum atomic E-state index is 12.8. The number of nitrogens with one attached hydrogen (secondary N) is 1. The molecule has 6 heteroatoms. The first kappa shape index (κ1) is 19.7. The van der Waals surface area contributed by atoms with E-state index in [1.807, 2.05) is 53.4 Å². The predicted octanol–water partition coefficient (Wildman–Crippen LogP) is 4.17. The molecule has 2 aromatic carbocycles. The number of hydrogen-bond donors (Lipinski definition) is 1. The van der Waals surface area contributed by atoms with Crippen molar-refractivity contribution in [2.75, 3.05) is 25.6 Å². The average Bonchev–Trinajstić information content (AvgIpc) is 3.20. The first-order chi connectivity index (χ1) is 13.6. The van der Waals surface area contributed by atoms with Gasteiger partial charge in [0.15, 0.2) is 0 Å². The van der Waals surface area contributed by atoms with Gasteiger partial charge in [-0.15, -0.1) is 0 Å². The Balaban J connectivity index is 1.62. The second kappa shape index (κ2) is 9.26. The highest BCUT2D eigenvalue weighted by Crippen LogP contribution is 2.33. The third-order valence-corrected chi connectivity index (χ3v) is 4.87. The highest BCUT2D eigenvalue weighted by Gasteiger charge is 2.30. The van der Waals surface area contributed by atoms with Gasteiger partial charge < -0.3 is 19.7 Å². The molecule has 6 nitrogen and oxygen atoms in total. The fourth-order valence-electron chi connectivity index (χ4n) is 3.46. The van der Waals surface area contributed by atoms with E-state index >= 15 is 0 Å². The van der Waals surface area contributed by atoms with Gasteiger partial charge in [0, 0.05) is 12.2 Å². The number of benzene rings is 2. The summed E-state index contributed by atoms with van der Waals surface area (Å²) in [6.07, 6.45) is 2.15. The molecular formula is C22H26N2O4. The van der Waals surface area contributed by atoms with Crippen molar-refractivity contribution >= 4 is 17.7 Å². The number of rotatable bonds is 6. The third-order valence-electron chi connectivity index (χ3n) is 4.87. The van der Waals surface area contributed by atoms with E-state index in [2.05, 4.69) is 5.32 Å². The Morgan fingerprint density at radius 2 is 1.82 bits per heavy atom. The Labute approximate surface area is 165 Å². The number of likely N-dealkylation sites (tertiary alicyclic amines) is 1. The van der Waals surface area contributed by atoms with Crippen molar-refractivity contribution in [2.45, 2.75) is 32.2 Å². The molecule has 2 amide bonds. The Morgan fingerprint density at radius 1 is 1.11 bits per heavy atom. The van der Waals surface area contributed by atoms with Gasteiger partial charge in [-0.25, -0.2) is 4.79 Å². The molecule has 28 heavy (non-hydrogen) atoms. The van der Waals surface area contributed by atoms with Crippen LogP contribution in [-0.2, 0) is 16.0 Å². The highest BCUT2D eigenvalue weighted by atomic mass is 16.5. The van der Waals surface area contributed by atoms with Crippen LogP contribution in [0.2, 0.25) is 0 Å². The number of carbonyl (C=O) groups is 2. The normalized spacial score (nSPS) is 15.9. The van der Waals surface area contributed by atoms with Crippen LogP contribution in [0.5, 0.6) is 5.75 Å². The Kier molecular flexibility index (Phi) is 6.53. The summed E-state index contributed by atoms with van der Waals surface area (Å²) in [5, 5.41) is 2.96. The summed E-state index contributed by atoms with van der Waals surface area (Å²) in [5.74, 6) is 0.555. The SMILES string of the molecule is CCOC(=O)Cc1ccc(NC(=O)N2CCC[C@@H]2c2ccc(OC)cc2)cc1. The van der Waals surface area contributed by atoms with Crippen molar-refractivity contribution < 1.29 is 19.1 Å². The topological polar surface area (TPSA) is 67.9 Å². The summed E-state index contributed by atoms with van der Waals surface area (Å²) in [4.78, 5) is 26.2. The molecule has 1 N–H and O–H groups in total. The van der Waals surface area contributed by atoms with Crippen LogP contribution < -0.4 is 10.1 Å². The molecule has 148 valence electrons. The van der Waals surface area contributed by atoms with Gasteiger partial charge >= 0.3 is 12.0 Å². The highest BCUT2D eigenvalue weighted by molar-refractivity contribution is 5.90. The standard InChI is InChI=1S/C22H26N2O4/c1-3-28-21(25)15-16-6-10-18(11-7-16)23-22(26)24-14-4-5-20(24)17-8-12-19(27-2)13-9-17/h6-13,20H,3-5,14-15H2,1-2H3,(H,23,26)/t20-/m1/s1. The number of urea groups is 1. The van der Waals surface area contributed by atoms with Crippen molar-refractivity contribution in [2.24, 2.45) is 0 Å². The molecule has 1 atom stereocenters. The number of nitrogens with zero attached hydrogens (tertiary/aromatic N) is 1. The van der Waals surface area contributed by atoms with Crippen molar-refractivity contribution in [3.05, 3.63) is 59.7 Å². The Hall–Kier alpha value is -3.02. The minimum Gasteiger partial charge on any atom is -0.497 e. The maximum Gasteiger partial charge on any atom is 0.322 e. The first-order valence-electron chi connectivity index (χ1n) is 9.57. The second-order valence-electron chi connectivity index (χ2n) is 6.73. The van der Waals surface area contributed by atoms with Crippen LogP contribution in [0.15, 0.2) is 48.5 Å². The van der Waals surface area contributed by atoms with E-state index < -0.39 is 0 Å². The number of ether oxygens (including phenoxy) is 2. The van der Waals surface area contributed by atoms with E-state index in [0.717, 1.165) is 36.3 Å². The van der Waals surface area contributed by atoms with Gasteiger partial charge in [-0.1, -0.05) is 24.3 Å². The molecular weight excluding hydrogens is 356 g/mol. The number of hydrogen-bond acceptors (Lipinski definition) is 4. The van der Waals surface area contributed by atoms with Crippen LogP contribution in [0.4, 0.5) is 10.5 Å². The lowest BCUT2D eigenvalue weighted by Crippen LogP contribution is -2.34. The minimum absolute atomic E-state index is 0.0639. The molecule has 1 heterocycles. The zero-order chi connectivity index (χ0) is 19.9. The van der Waals surface area contributed by atoms with Gasteiger partial charge in [-0.3, -0.25) is 4.79 Å². The lowest BCUT2D eigenvalue weighted by atomic mass is 10.0. The summed E-state index contributed by atoms with van der Waals surface area (Å²) in [6.45, 7) is 2.88. The number of carbonyl (C=O) groups excluding carboxylic acids is 2. The molecule has 0 radical (unpaired) electrons. The Bertz CT molecular complexity index is 802. The number of anilines is 1. The minimum atomic E-state index is -0.251. The molecule has 1 fully saturated rings. The fourth-order valence-corrected chi connectivity index (χ4v) is 3.46. The van der Waals surface area contributed by atoms with Gasteiger partial charge in [-0.05, 0) is 55.2 Å². The second-order valence-corrected chi connectivity index (χ2v) is 6.73. The molecule has 0 spiro atoms. The summed E-state index contributed by atoms with van der Waals surface area (Å²) in [5.41, 5.74) is 2.67. The monoisotopic (exact) mass is 382 g/mol. The Morgan fingerprint density at radius 3 is 2.46 bits per heavy atom. The molecule has 1 aliphatic heterocycles. The van der Waals surface area contributed by atoms with E-state index in [-0.39, 0.29) is 24.5 Å². The fraction of sp³-hybridized carbons (Fsp3) is 0.364. The summed E-state index contributed by atoms with van der Waals surface area (Å²) < 4.78 is 10.2. The molecule has 2 aromatic rings. The van der Waals surface area contributed by atoms with E-state index in [1.54, 1.807) is 14.0 Å². The summed E-state index contributed by atoms with van der Waals surface area (Å²) in [7, 11) is 1.64. The molecule has 0 aliphatic carbocycles. The quantitative estimate of drug-likeness (QED) is 0.762. The number of amides is 2. The van der Waals surface area contributed by atoms with Crippen LogP contribution >= 0.6 is 0 Å². The first-order valence-corrected chi connectivity index (χ1v) is 9.57. The average molecular weight is 382 g/mol. The summed E-state index contributed by atoms with van der Waals surface area (Å²) >= 11 is 0. The van der Waals surface area contributed by atoms with E-state index in [0.29, 0.717) is 12.3 Å². The van der Waals surface area contributed by atoms with E-state index in [1.165, 1.54) is 0 Å². The molecule has 1 saturated heterocycles. The largest absolute Gasteiger partial charge is 0.497 e. The smallest absolute Gasteiger partial charge is 0.322 e. The molecule has 0 unspecified atom stereocenters. The zero-order valence-electron chi connectivity index (χ0n) is 16.3. The lowest BCUT2D eigenvalue weighted by Gasteiger charge is -2.25. The van der Waals surface area contributed by atoms with Crippen LogP contribution in [0.25, 0.3) is 0 Å². The molecule has 0 aromatic heterocycles. The van der Waals surface area contributed by atoms with Crippen molar-refractivity contribution in [1.29, 1.82) is 0 Å². The zero-order valence-corrected chi connectivity index (χ0v) is 16.3. The number of esters is 1. The molecule has 3 rings (SSSR count). The van der Waals surface area contributed by atoms with Gasteiger partial charge in [0.05, 0.1) is 26.2 Å². The van der Waals surface area contributed by atoms with E-state index in [4.69, 9.17) is 9.47 Å². The van der Waals surface area contributed by atoms with Gasteiger partial charge in [0.25, 0.3) is 0 Å². The van der Waals surface area contributed by atoms with Gasteiger partial charge in [0.2, 0.25) is 0 Å². The van der Waals surface area contributed by atoms with Crippen LogP contribution in [0.1, 0.15) is 36.9 Å². The maximum absolute atomic E-state index is 12.8. The lowest BCUT2D eigenvalue weighted by molar-refractivity contribution is -0.142. The van der Waals surface area contributed by atoms with E-state index in [9.17, 15) is 9.59 Å². The summed E-state index contributed by atoms with van der Waals surface area (Å²) in [6, 6.07) is 15.1. The van der Waals surface area contributed by atoms with Crippen LogP contribution in [0, 0.1) is 0 Å². The van der Waals surface area contributed by atoms with Crippen LogP contribution in [-0.4, -0.2) is 37.2 Å². The van der Waals surface area contributed by atoms with Crippen molar-refractivity contribution in [3.63, 3.8) is 0 Å². The van der Waals surface area contributed by atoms with Crippen molar-refractivity contribution in [3.8, 4) is 5.75 Å². The molecule has 0 saturated carbocycles. The third kappa shape index (κ3) is 4.82.